The van der Waals surface area contributed by atoms with Crippen LogP contribution < -0.4 is 15.1 Å². The Kier molecular flexibility index (Phi) is 5.54. The van der Waals surface area contributed by atoms with Crippen molar-refractivity contribution in [2.45, 2.75) is 6.92 Å². The van der Waals surface area contributed by atoms with E-state index in [1.165, 1.54) is 0 Å². The Labute approximate surface area is 158 Å². The predicted octanol–water partition coefficient (Wildman–Crippen LogP) is 1.38. The fraction of sp³-hybridized carbons (Fsp3) is 0.368. The first-order valence-corrected chi connectivity index (χ1v) is 8.85. The van der Waals surface area contributed by atoms with Gasteiger partial charge in [0, 0.05) is 57.7 Å². The highest BCUT2D eigenvalue weighted by Crippen LogP contribution is 2.18. The molecule has 2 aromatic rings. The molecule has 1 aromatic heterocycles. The van der Waals surface area contributed by atoms with E-state index in [2.05, 4.69) is 20.2 Å². The molecule has 2 amide bonds. The van der Waals surface area contributed by atoms with Gasteiger partial charge in [-0.05, 0) is 31.2 Å². The first kappa shape index (κ1) is 18.6. The molecule has 1 aliphatic rings. The van der Waals surface area contributed by atoms with Crippen molar-refractivity contribution in [2.75, 3.05) is 55.4 Å². The standard InChI is InChI=1S/C19H24N6O2/c1-14-20-17(12-18(21-14)25-10-8-24(13-26)9-11-25)19(27)22-15-4-6-16(7-5-15)23(2)3/h4-7,12-13H,8-11H2,1-3H3,(H,22,27). The quantitative estimate of drug-likeness (QED) is 0.803. The van der Waals surface area contributed by atoms with Gasteiger partial charge in [0.25, 0.3) is 5.91 Å². The normalized spacial score (nSPS) is 14.0. The highest BCUT2D eigenvalue weighted by molar-refractivity contribution is 6.03. The SMILES string of the molecule is Cc1nc(C(=O)Nc2ccc(N(C)C)cc2)cc(N2CCN(C=O)CC2)n1. The molecule has 0 radical (unpaired) electrons. The van der Waals surface area contributed by atoms with E-state index >= 15 is 0 Å². The van der Waals surface area contributed by atoms with Crippen LogP contribution in [0, 0.1) is 6.92 Å². The van der Waals surface area contributed by atoms with Gasteiger partial charge in [-0.15, -0.1) is 0 Å². The average molecular weight is 368 g/mol. The zero-order valence-corrected chi connectivity index (χ0v) is 15.8. The summed E-state index contributed by atoms with van der Waals surface area (Å²) in [7, 11) is 3.93. The molecule has 1 aromatic carbocycles. The summed E-state index contributed by atoms with van der Waals surface area (Å²) >= 11 is 0. The van der Waals surface area contributed by atoms with Crippen molar-refractivity contribution < 1.29 is 9.59 Å². The second-order valence-electron chi connectivity index (χ2n) is 6.68. The van der Waals surface area contributed by atoms with E-state index in [0.29, 0.717) is 49.2 Å². The number of amides is 2. The van der Waals surface area contributed by atoms with E-state index in [1.54, 1.807) is 17.9 Å². The maximum absolute atomic E-state index is 12.6. The average Bonchev–Trinajstić information content (AvgIpc) is 2.68. The van der Waals surface area contributed by atoms with Crippen molar-refractivity contribution in [3.05, 3.63) is 41.9 Å². The zero-order valence-electron chi connectivity index (χ0n) is 15.8. The minimum Gasteiger partial charge on any atom is -0.378 e. The van der Waals surface area contributed by atoms with Gasteiger partial charge in [-0.1, -0.05) is 0 Å². The molecule has 142 valence electrons. The molecule has 8 heteroatoms. The number of nitrogens with one attached hydrogen (secondary N) is 1. The Hall–Kier alpha value is -3.16. The van der Waals surface area contributed by atoms with Crippen molar-refractivity contribution in [3.8, 4) is 0 Å². The van der Waals surface area contributed by atoms with Crippen molar-refractivity contribution in [3.63, 3.8) is 0 Å². The summed E-state index contributed by atoms with van der Waals surface area (Å²) in [6.07, 6.45) is 0.864. The molecule has 1 N–H and O–H groups in total. The molecule has 1 fully saturated rings. The number of anilines is 3. The highest BCUT2D eigenvalue weighted by atomic mass is 16.2. The predicted molar refractivity (Wildman–Crippen MR) is 105 cm³/mol. The molecule has 1 aliphatic heterocycles. The van der Waals surface area contributed by atoms with Crippen LogP contribution in [0.15, 0.2) is 30.3 Å². The lowest BCUT2D eigenvalue weighted by molar-refractivity contribution is -0.118. The van der Waals surface area contributed by atoms with Crippen molar-refractivity contribution in [1.29, 1.82) is 0 Å². The fourth-order valence-electron chi connectivity index (χ4n) is 2.92. The van der Waals surface area contributed by atoms with E-state index in [9.17, 15) is 9.59 Å². The smallest absolute Gasteiger partial charge is 0.274 e. The largest absolute Gasteiger partial charge is 0.378 e. The minimum atomic E-state index is -0.272. The molecule has 3 rings (SSSR count). The Morgan fingerprint density at radius 1 is 1.11 bits per heavy atom. The summed E-state index contributed by atoms with van der Waals surface area (Å²) < 4.78 is 0. The van der Waals surface area contributed by atoms with Gasteiger partial charge in [0.15, 0.2) is 0 Å². The first-order chi connectivity index (χ1) is 13.0. The molecule has 0 aliphatic carbocycles. The first-order valence-electron chi connectivity index (χ1n) is 8.85. The number of carbonyl (C=O) groups excluding carboxylic acids is 2. The second-order valence-corrected chi connectivity index (χ2v) is 6.68. The molecule has 0 bridgehead atoms. The maximum Gasteiger partial charge on any atom is 0.274 e. The molecule has 8 nitrogen and oxygen atoms in total. The van der Waals surface area contributed by atoms with Gasteiger partial charge < -0.3 is 20.0 Å². The van der Waals surface area contributed by atoms with Gasteiger partial charge in [0.05, 0.1) is 0 Å². The van der Waals surface area contributed by atoms with E-state index in [4.69, 9.17) is 0 Å². The van der Waals surface area contributed by atoms with Gasteiger partial charge >= 0.3 is 0 Å². The lowest BCUT2D eigenvalue weighted by Crippen LogP contribution is -2.46. The number of hydrogen-bond acceptors (Lipinski definition) is 6. The van der Waals surface area contributed by atoms with Crippen LogP contribution in [-0.4, -0.2) is 67.5 Å². The lowest BCUT2D eigenvalue weighted by Gasteiger charge is -2.33. The van der Waals surface area contributed by atoms with Crippen LogP contribution in [0.3, 0.4) is 0 Å². The topological polar surface area (TPSA) is 81.7 Å². The molecule has 1 saturated heterocycles. The third-order valence-electron chi connectivity index (χ3n) is 4.49. The lowest BCUT2D eigenvalue weighted by atomic mass is 10.2. The maximum atomic E-state index is 12.6. The molecule has 27 heavy (non-hydrogen) atoms. The van der Waals surface area contributed by atoms with Crippen LogP contribution in [0.1, 0.15) is 16.3 Å². The third kappa shape index (κ3) is 4.52. The molecule has 0 atom stereocenters. The molecular weight excluding hydrogens is 344 g/mol. The van der Waals surface area contributed by atoms with Crippen LogP contribution in [-0.2, 0) is 4.79 Å². The third-order valence-corrected chi connectivity index (χ3v) is 4.49. The van der Waals surface area contributed by atoms with Crippen molar-refractivity contribution in [1.82, 2.24) is 14.9 Å². The minimum absolute atomic E-state index is 0.272. The van der Waals surface area contributed by atoms with Gasteiger partial charge in [-0.2, -0.15) is 0 Å². The van der Waals surface area contributed by atoms with Crippen molar-refractivity contribution >= 4 is 29.5 Å². The summed E-state index contributed by atoms with van der Waals surface area (Å²) in [4.78, 5) is 38.0. The second kappa shape index (κ2) is 8.03. The van der Waals surface area contributed by atoms with E-state index in [0.717, 1.165) is 12.1 Å². The molecule has 0 spiro atoms. The van der Waals surface area contributed by atoms with E-state index in [-0.39, 0.29) is 5.91 Å². The summed E-state index contributed by atoms with van der Waals surface area (Å²) in [5.41, 5.74) is 2.10. The molecular formula is C19H24N6O2. The number of benzene rings is 1. The van der Waals surface area contributed by atoms with Gasteiger partial charge in [0.1, 0.15) is 17.3 Å². The number of carbonyl (C=O) groups is 2. The van der Waals surface area contributed by atoms with Crippen LogP contribution in [0.5, 0.6) is 0 Å². The number of hydrogen-bond donors (Lipinski definition) is 1. The fourth-order valence-corrected chi connectivity index (χ4v) is 2.92. The van der Waals surface area contributed by atoms with Crippen molar-refractivity contribution in [2.24, 2.45) is 0 Å². The number of nitrogens with zero attached hydrogens (tertiary/aromatic N) is 5. The number of aromatic nitrogens is 2. The molecule has 2 heterocycles. The van der Waals surface area contributed by atoms with Crippen LogP contribution in [0.25, 0.3) is 0 Å². The number of rotatable bonds is 5. The van der Waals surface area contributed by atoms with E-state index < -0.39 is 0 Å². The highest BCUT2D eigenvalue weighted by Gasteiger charge is 2.19. The summed E-state index contributed by atoms with van der Waals surface area (Å²) in [5.74, 6) is 0.977. The number of piperazine rings is 1. The van der Waals surface area contributed by atoms with Crippen LogP contribution in [0.2, 0.25) is 0 Å². The zero-order chi connectivity index (χ0) is 19.4. The van der Waals surface area contributed by atoms with Gasteiger partial charge in [-0.25, -0.2) is 9.97 Å². The Morgan fingerprint density at radius 3 is 2.37 bits per heavy atom. The van der Waals surface area contributed by atoms with Crippen LogP contribution >= 0.6 is 0 Å². The van der Waals surface area contributed by atoms with Gasteiger partial charge in [0.2, 0.25) is 6.41 Å². The Bertz CT molecular complexity index is 813. The Balaban J connectivity index is 1.73. The number of aryl methyl sites for hydroxylation is 1. The van der Waals surface area contributed by atoms with Gasteiger partial charge in [-0.3, -0.25) is 9.59 Å². The summed E-state index contributed by atoms with van der Waals surface area (Å²) in [6, 6.07) is 9.31. The van der Waals surface area contributed by atoms with E-state index in [1.807, 2.05) is 43.3 Å². The summed E-state index contributed by atoms with van der Waals surface area (Å²) in [5, 5.41) is 2.88. The molecule has 0 unspecified atom stereocenters. The monoisotopic (exact) mass is 368 g/mol. The summed E-state index contributed by atoms with van der Waals surface area (Å²) in [6.45, 7) is 4.43. The molecule has 0 saturated carbocycles. The van der Waals surface area contributed by atoms with Crippen LogP contribution in [0.4, 0.5) is 17.2 Å². The Morgan fingerprint density at radius 2 is 1.78 bits per heavy atom.